The molecule has 0 radical (unpaired) electrons. The van der Waals surface area contributed by atoms with Crippen LogP contribution in [0.2, 0.25) is 0 Å². The summed E-state index contributed by atoms with van der Waals surface area (Å²) < 4.78 is 5.42. The van der Waals surface area contributed by atoms with Crippen LogP contribution in [-0.4, -0.2) is 30.5 Å². The smallest absolute Gasteiger partial charge is 0.0643 e. The standard InChI is InChI=1S/C8H17NO2/c1-2-6-3-8(6)11-5-7(9)4-10/h6-8,10H,2-5,9H2,1H3/t6-,7?,8-/m1/s1. The van der Waals surface area contributed by atoms with Gasteiger partial charge in [0.15, 0.2) is 0 Å². The van der Waals surface area contributed by atoms with E-state index in [0.29, 0.717) is 12.7 Å². The van der Waals surface area contributed by atoms with Crippen LogP contribution in [0.25, 0.3) is 0 Å². The Morgan fingerprint density at radius 1 is 1.73 bits per heavy atom. The van der Waals surface area contributed by atoms with Crippen molar-refractivity contribution in [2.24, 2.45) is 11.7 Å². The topological polar surface area (TPSA) is 55.5 Å². The maximum Gasteiger partial charge on any atom is 0.0643 e. The molecule has 0 saturated heterocycles. The molecular formula is C8H17NO2. The average molecular weight is 159 g/mol. The molecule has 66 valence electrons. The summed E-state index contributed by atoms with van der Waals surface area (Å²) in [6, 6.07) is -0.201. The summed E-state index contributed by atoms with van der Waals surface area (Å²) in [4.78, 5) is 0. The molecule has 0 spiro atoms. The molecule has 11 heavy (non-hydrogen) atoms. The first kappa shape index (κ1) is 8.97. The fourth-order valence-electron chi connectivity index (χ4n) is 1.15. The maximum atomic E-state index is 8.59. The number of hydrogen-bond acceptors (Lipinski definition) is 3. The van der Waals surface area contributed by atoms with Gasteiger partial charge in [-0.3, -0.25) is 0 Å². The molecule has 0 aromatic carbocycles. The lowest BCUT2D eigenvalue weighted by Gasteiger charge is -2.07. The first-order valence-corrected chi connectivity index (χ1v) is 4.26. The molecule has 3 heteroatoms. The number of hydrogen-bond donors (Lipinski definition) is 2. The van der Waals surface area contributed by atoms with Crippen LogP contribution >= 0.6 is 0 Å². The van der Waals surface area contributed by atoms with Gasteiger partial charge in [0.2, 0.25) is 0 Å². The molecule has 3 N–H and O–H groups in total. The number of rotatable bonds is 5. The second-order valence-electron chi connectivity index (χ2n) is 3.22. The van der Waals surface area contributed by atoms with E-state index in [9.17, 15) is 0 Å². The molecule has 3 nitrogen and oxygen atoms in total. The number of nitrogens with two attached hydrogens (primary N) is 1. The summed E-state index contributed by atoms with van der Waals surface area (Å²) in [7, 11) is 0. The van der Waals surface area contributed by atoms with Gasteiger partial charge in [-0.2, -0.15) is 0 Å². The van der Waals surface area contributed by atoms with E-state index in [1.807, 2.05) is 0 Å². The van der Waals surface area contributed by atoms with Crippen LogP contribution in [0.4, 0.5) is 0 Å². The molecule has 0 aromatic rings. The second-order valence-corrected chi connectivity index (χ2v) is 3.22. The number of aliphatic hydroxyl groups excluding tert-OH is 1. The van der Waals surface area contributed by atoms with Crippen LogP contribution in [-0.2, 0) is 4.74 Å². The molecule has 1 aliphatic rings. The zero-order valence-electron chi connectivity index (χ0n) is 6.99. The summed E-state index contributed by atoms with van der Waals surface area (Å²) >= 11 is 0. The molecule has 0 aromatic heterocycles. The summed E-state index contributed by atoms with van der Waals surface area (Å²) in [6.45, 7) is 2.68. The predicted molar refractivity (Wildman–Crippen MR) is 43.2 cm³/mol. The third-order valence-electron chi connectivity index (χ3n) is 2.14. The van der Waals surface area contributed by atoms with Crippen molar-refractivity contribution in [3.63, 3.8) is 0 Å². The van der Waals surface area contributed by atoms with Gasteiger partial charge in [0.25, 0.3) is 0 Å². The van der Waals surface area contributed by atoms with Crippen LogP contribution in [0.5, 0.6) is 0 Å². The minimum absolute atomic E-state index is 0.0174. The van der Waals surface area contributed by atoms with E-state index in [4.69, 9.17) is 15.6 Å². The minimum atomic E-state index is -0.201. The van der Waals surface area contributed by atoms with E-state index in [1.165, 1.54) is 12.8 Å². The maximum absolute atomic E-state index is 8.59. The van der Waals surface area contributed by atoms with Gasteiger partial charge in [-0.15, -0.1) is 0 Å². The van der Waals surface area contributed by atoms with Crippen molar-refractivity contribution in [2.45, 2.75) is 31.9 Å². The second kappa shape index (κ2) is 4.04. The van der Waals surface area contributed by atoms with Gasteiger partial charge in [0.05, 0.1) is 25.4 Å². The largest absolute Gasteiger partial charge is 0.395 e. The van der Waals surface area contributed by atoms with Crippen molar-refractivity contribution in [3.05, 3.63) is 0 Å². The van der Waals surface area contributed by atoms with Crippen molar-refractivity contribution >= 4 is 0 Å². The Morgan fingerprint density at radius 3 is 2.91 bits per heavy atom. The SMILES string of the molecule is CC[C@@H]1C[C@H]1OCC(N)CO. The fraction of sp³-hybridized carbons (Fsp3) is 1.00. The molecule has 1 saturated carbocycles. The molecule has 0 aliphatic heterocycles. The van der Waals surface area contributed by atoms with Crippen molar-refractivity contribution in [1.82, 2.24) is 0 Å². The third kappa shape index (κ3) is 2.77. The molecule has 1 rings (SSSR count). The highest BCUT2D eigenvalue weighted by Crippen LogP contribution is 2.36. The Kier molecular flexibility index (Phi) is 3.30. The lowest BCUT2D eigenvalue weighted by molar-refractivity contribution is 0.0805. The van der Waals surface area contributed by atoms with Crippen molar-refractivity contribution in [3.8, 4) is 0 Å². The zero-order valence-corrected chi connectivity index (χ0v) is 6.99. The Balaban J connectivity index is 1.97. The quantitative estimate of drug-likeness (QED) is 0.599. The van der Waals surface area contributed by atoms with Crippen LogP contribution in [0.3, 0.4) is 0 Å². The van der Waals surface area contributed by atoms with E-state index in [0.717, 1.165) is 5.92 Å². The highest BCUT2D eigenvalue weighted by atomic mass is 16.5. The molecule has 1 unspecified atom stereocenters. The van der Waals surface area contributed by atoms with Crippen LogP contribution in [0, 0.1) is 5.92 Å². The Morgan fingerprint density at radius 2 is 2.45 bits per heavy atom. The zero-order chi connectivity index (χ0) is 8.27. The van der Waals surface area contributed by atoms with E-state index in [-0.39, 0.29) is 12.6 Å². The highest BCUT2D eigenvalue weighted by Gasteiger charge is 2.36. The molecule has 0 amide bonds. The van der Waals surface area contributed by atoms with Crippen molar-refractivity contribution in [1.29, 1.82) is 0 Å². The summed E-state index contributed by atoms with van der Waals surface area (Å²) in [5, 5.41) is 8.59. The number of ether oxygens (including phenoxy) is 1. The van der Waals surface area contributed by atoms with E-state index in [2.05, 4.69) is 6.92 Å². The Labute approximate surface area is 67.5 Å². The van der Waals surface area contributed by atoms with Gasteiger partial charge in [-0.05, 0) is 12.3 Å². The van der Waals surface area contributed by atoms with Gasteiger partial charge in [-0.1, -0.05) is 13.3 Å². The Hall–Kier alpha value is -0.120. The van der Waals surface area contributed by atoms with Crippen LogP contribution in [0.15, 0.2) is 0 Å². The molecule has 3 atom stereocenters. The molecule has 1 fully saturated rings. The summed E-state index contributed by atoms with van der Waals surface area (Å²) in [5.41, 5.74) is 5.46. The van der Waals surface area contributed by atoms with E-state index in [1.54, 1.807) is 0 Å². The van der Waals surface area contributed by atoms with E-state index >= 15 is 0 Å². The molecule has 0 heterocycles. The van der Waals surface area contributed by atoms with Gasteiger partial charge in [0.1, 0.15) is 0 Å². The number of aliphatic hydroxyl groups is 1. The van der Waals surface area contributed by atoms with Crippen LogP contribution < -0.4 is 5.73 Å². The fourth-order valence-corrected chi connectivity index (χ4v) is 1.15. The minimum Gasteiger partial charge on any atom is -0.395 e. The molecule has 1 aliphatic carbocycles. The van der Waals surface area contributed by atoms with Crippen molar-refractivity contribution < 1.29 is 9.84 Å². The summed E-state index contributed by atoms with van der Waals surface area (Å²) in [6.07, 6.45) is 2.80. The van der Waals surface area contributed by atoms with Crippen molar-refractivity contribution in [2.75, 3.05) is 13.2 Å². The van der Waals surface area contributed by atoms with Crippen LogP contribution in [0.1, 0.15) is 19.8 Å². The lowest BCUT2D eigenvalue weighted by Crippen LogP contribution is -2.30. The van der Waals surface area contributed by atoms with Gasteiger partial charge in [0, 0.05) is 0 Å². The molecule has 0 bridgehead atoms. The summed E-state index contributed by atoms with van der Waals surface area (Å²) in [5.74, 6) is 0.751. The van der Waals surface area contributed by atoms with Gasteiger partial charge in [-0.25, -0.2) is 0 Å². The first-order valence-electron chi connectivity index (χ1n) is 4.26. The third-order valence-corrected chi connectivity index (χ3v) is 2.14. The monoisotopic (exact) mass is 159 g/mol. The predicted octanol–water partition coefficient (Wildman–Crippen LogP) is 0.121. The average Bonchev–Trinajstić information content (AvgIpc) is 2.78. The highest BCUT2D eigenvalue weighted by molar-refractivity contribution is 4.86. The van der Waals surface area contributed by atoms with E-state index < -0.39 is 0 Å². The normalized spacial score (nSPS) is 31.9. The lowest BCUT2D eigenvalue weighted by atomic mass is 10.3. The first-order chi connectivity index (χ1) is 5.27. The Bertz CT molecular complexity index is 119. The van der Waals surface area contributed by atoms with Gasteiger partial charge >= 0.3 is 0 Å². The molecular weight excluding hydrogens is 142 g/mol. The van der Waals surface area contributed by atoms with Gasteiger partial charge < -0.3 is 15.6 Å².